The molecule has 3 nitrogen and oxygen atoms in total. The first-order valence-corrected chi connectivity index (χ1v) is 13.2. The van der Waals surface area contributed by atoms with E-state index >= 15 is 0 Å². The van der Waals surface area contributed by atoms with Crippen LogP contribution < -0.4 is 0 Å². The fourth-order valence-electron chi connectivity index (χ4n) is 3.21. The Morgan fingerprint density at radius 2 is 0.960 bits per heavy atom. The summed E-state index contributed by atoms with van der Waals surface area (Å²) in [4.78, 5) is 0. The van der Waals surface area contributed by atoms with Gasteiger partial charge in [-0.2, -0.15) is 0 Å². The molecule has 0 fully saturated rings. The van der Waals surface area contributed by atoms with Crippen molar-refractivity contribution in [1.29, 1.82) is 0 Å². The summed E-state index contributed by atoms with van der Waals surface area (Å²) in [5.41, 5.74) is 0. The Morgan fingerprint density at radius 3 is 1.40 bits per heavy atom. The Labute approximate surface area is 159 Å². The van der Waals surface area contributed by atoms with E-state index in [9.17, 15) is 0 Å². The van der Waals surface area contributed by atoms with Crippen LogP contribution in [0.25, 0.3) is 0 Å². The molecule has 4 heteroatoms. The maximum absolute atomic E-state index is 6.23. The van der Waals surface area contributed by atoms with E-state index in [1.165, 1.54) is 77.0 Å². The summed E-state index contributed by atoms with van der Waals surface area (Å²) in [7, 11) is -0.241. The summed E-state index contributed by atoms with van der Waals surface area (Å²) in [5, 5.41) is 0. The van der Waals surface area contributed by atoms with Gasteiger partial charge in [0, 0.05) is 13.7 Å². The van der Waals surface area contributed by atoms with E-state index in [2.05, 4.69) is 20.8 Å². The zero-order chi connectivity index (χ0) is 18.6. The molecule has 0 aliphatic carbocycles. The Kier molecular flexibility index (Phi) is 18.9. The van der Waals surface area contributed by atoms with E-state index < -0.39 is 8.56 Å². The maximum Gasteiger partial charge on any atom is 0.337 e. The molecule has 152 valence electrons. The number of hydrogen-bond acceptors (Lipinski definition) is 3. The number of hydrogen-bond donors (Lipinski definition) is 0. The number of ether oxygens (including phenoxy) is 1. The van der Waals surface area contributed by atoms with Crippen molar-refractivity contribution in [2.75, 3.05) is 26.9 Å². The molecule has 0 unspecified atom stereocenters. The molecular formula is C21H46O3Si. The van der Waals surface area contributed by atoms with Gasteiger partial charge < -0.3 is 13.6 Å². The van der Waals surface area contributed by atoms with Gasteiger partial charge in [0.15, 0.2) is 0 Å². The first-order chi connectivity index (χ1) is 12.2. The van der Waals surface area contributed by atoms with Crippen LogP contribution in [0, 0.1) is 0 Å². The number of methoxy groups -OCH3 is 1. The average molecular weight is 375 g/mol. The number of unbranched alkanes of at least 4 members (excludes halogenated alkanes) is 11. The Bertz CT molecular complexity index is 258. The summed E-state index contributed by atoms with van der Waals surface area (Å²) in [6.07, 6.45) is 16.6. The van der Waals surface area contributed by atoms with Crippen molar-refractivity contribution >= 4 is 8.56 Å². The molecule has 25 heavy (non-hydrogen) atoms. The second kappa shape index (κ2) is 18.9. The summed E-state index contributed by atoms with van der Waals surface area (Å²) in [6.45, 7) is 8.89. The first kappa shape index (κ1) is 25.1. The highest BCUT2D eigenvalue weighted by atomic mass is 28.4. The monoisotopic (exact) mass is 374 g/mol. The zero-order valence-electron chi connectivity index (χ0n) is 17.7. The third-order valence-corrected chi connectivity index (χ3v) is 8.71. The van der Waals surface area contributed by atoms with Crippen LogP contribution in [0.2, 0.25) is 12.1 Å². The molecule has 0 aromatic carbocycles. The molecule has 0 atom stereocenters. The summed E-state index contributed by atoms with van der Waals surface area (Å²) >= 11 is 0. The second-order valence-electron chi connectivity index (χ2n) is 7.20. The first-order valence-electron chi connectivity index (χ1n) is 11.0. The molecule has 0 radical (unpaired) electrons. The minimum Gasteiger partial charge on any atom is -0.394 e. The predicted octanol–water partition coefficient (Wildman–Crippen LogP) is 6.85. The van der Waals surface area contributed by atoms with Crippen LogP contribution in [-0.4, -0.2) is 35.5 Å². The van der Waals surface area contributed by atoms with Crippen molar-refractivity contribution in [3.8, 4) is 0 Å². The lowest BCUT2D eigenvalue weighted by atomic mass is 10.1. The molecule has 0 heterocycles. The van der Waals surface area contributed by atoms with Crippen LogP contribution in [0.15, 0.2) is 0 Å². The highest BCUT2D eigenvalue weighted by molar-refractivity contribution is 6.67. The summed E-state index contributed by atoms with van der Waals surface area (Å²) in [5.74, 6) is 0. The minimum atomic E-state index is -1.96. The van der Waals surface area contributed by atoms with Crippen molar-refractivity contribution in [3.05, 3.63) is 0 Å². The smallest absolute Gasteiger partial charge is 0.337 e. The van der Waals surface area contributed by atoms with Gasteiger partial charge in [0.2, 0.25) is 0 Å². The molecule has 0 N–H and O–H groups in total. The topological polar surface area (TPSA) is 27.7 Å². The van der Waals surface area contributed by atoms with Gasteiger partial charge >= 0.3 is 8.56 Å². The van der Waals surface area contributed by atoms with Gasteiger partial charge in [-0.15, -0.1) is 0 Å². The molecule has 0 aromatic heterocycles. The minimum absolute atomic E-state index is 0.663. The Hall–Kier alpha value is 0.0969. The fourth-order valence-corrected chi connectivity index (χ4v) is 5.58. The predicted molar refractivity (Wildman–Crippen MR) is 112 cm³/mol. The normalized spacial score (nSPS) is 12.0. The van der Waals surface area contributed by atoms with Crippen molar-refractivity contribution in [1.82, 2.24) is 0 Å². The quantitative estimate of drug-likeness (QED) is 0.172. The van der Waals surface area contributed by atoms with Gasteiger partial charge in [0.1, 0.15) is 0 Å². The highest BCUT2D eigenvalue weighted by Crippen LogP contribution is 2.19. The van der Waals surface area contributed by atoms with Gasteiger partial charge in [0.05, 0.1) is 13.2 Å². The number of rotatable bonds is 20. The van der Waals surface area contributed by atoms with E-state index in [-0.39, 0.29) is 0 Å². The van der Waals surface area contributed by atoms with Crippen LogP contribution in [0.4, 0.5) is 0 Å². The lowest BCUT2D eigenvalue weighted by Gasteiger charge is -2.28. The van der Waals surface area contributed by atoms with Gasteiger partial charge in [0.25, 0.3) is 0 Å². The SMILES string of the molecule is CCCCCCCCCCCCCCO[Si](CC)(CC)OCCOC. The average Bonchev–Trinajstić information content (AvgIpc) is 2.64. The summed E-state index contributed by atoms with van der Waals surface area (Å²) < 4.78 is 17.4. The molecule has 0 amide bonds. The molecule has 0 saturated carbocycles. The van der Waals surface area contributed by atoms with Crippen LogP contribution >= 0.6 is 0 Å². The van der Waals surface area contributed by atoms with Gasteiger partial charge in [-0.25, -0.2) is 0 Å². The van der Waals surface area contributed by atoms with Gasteiger partial charge in [-0.05, 0) is 18.5 Å². The molecule has 0 aliphatic heterocycles. The lowest BCUT2D eigenvalue weighted by Crippen LogP contribution is -2.41. The standard InChI is InChI=1S/C21H46O3Si/c1-5-8-9-10-11-12-13-14-15-16-17-18-19-23-25(6-2,7-3)24-21-20-22-4/h5-21H2,1-4H3. The third kappa shape index (κ3) is 14.9. The molecule has 0 aliphatic rings. The molecule has 0 bridgehead atoms. The molecule has 0 aromatic rings. The van der Waals surface area contributed by atoms with E-state index in [0.29, 0.717) is 13.2 Å². The van der Waals surface area contributed by atoms with Crippen molar-refractivity contribution in [2.24, 2.45) is 0 Å². The van der Waals surface area contributed by atoms with Crippen LogP contribution in [0.5, 0.6) is 0 Å². The van der Waals surface area contributed by atoms with E-state index in [4.69, 9.17) is 13.6 Å². The second-order valence-corrected chi connectivity index (χ2v) is 11.0. The zero-order valence-corrected chi connectivity index (χ0v) is 18.7. The van der Waals surface area contributed by atoms with E-state index in [0.717, 1.165) is 18.7 Å². The van der Waals surface area contributed by atoms with Crippen molar-refractivity contribution in [2.45, 2.75) is 110 Å². The van der Waals surface area contributed by atoms with Crippen LogP contribution in [-0.2, 0) is 13.6 Å². The van der Waals surface area contributed by atoms with Gasteiger partial charge in [-0.3, -0.25) is 0 Å². The Morgan fingerprint density at radius 1 is 0.520 bits per heavy atom. The van der Waals surface area contributed by atoms with E-state index in [1.807, 2.05) is 0 Å². The van der Waals surface area contributed by atoms with Gasteiger partial charge in [-0.1, -0.05) is 91.4 Å². The molecular weight excluding hydrogens is 328 g/mol. The fraction of sp³-hybridized carbons (Fsp3) is 1.00. The largest absolute Gasteiger partial charge is 0.394 e. The Balaban J connectivity index is 3.48. The third-order valence-electron chi connectivity index (χ3n) is 5.09. The van der Waals surface area contributed by atoms with E-state index in [1.54, 1.807) is 7.11 Å². The maximum atomic E-state index is 6.23. The molecule has 0 spiro atoms. The summed E-state index contributed by atoms with van der Waals surface area (Å²) in [6, 6.07) is 2.07. The van der Waals surface area contributed by atoms with Crippen molar-refractivity contribution < 1.29 is 13.6 Å². The van der Waals surface area contributed by atoms with Crippen LogP contribution in [0.3, 0.4) is 0 Å². The lowest BCUT2D eigenvalue weighted by molar-refractivity contribution is 0.107. The molecule has 0 rings (SSSR count). The van der Waals surface area contributed by atoms with Crippen molar-refractivity contribution in [3.63, 3.8) is 0 Å². The highest BCUT2D eigenvalue weighted by Gasteiger charge is 2.33. The molecule has 0 saturated heterocycles. The van der Waals surface area contributed by atoms with Crippen LogP contribution in [0.1, 0.15) is 97.8 Å².